The van der Waals surface area contributed by atoms with E-state index in [1.165, 1.54) is 26.2 Å². The van der Waals surface area contributed by atoms with Crippen molar-refractivity contribution < 1.29 is 19.8 Å². The van der Waals surface area contributed by atoms with E-state index >= 15 is 0 Å². The molecule has 1 aliphatic heterocycles. The highest BCUT2D eigenvalue weighted by Crippen LogP contribution is 2.11. The number of carboxylic acids is 1. The molecule has 7 heteroatoms. The molecule has 0 aromatic rings. The molecule has 1 aliphatic rings. The summed E-state index contributed by atoms with van der Waals surface area (Å²) in [7, 11) is 0. The lowest BCUT2D eigenvalue weighted by Gasteiger charge is -2.32. The summed E-state index contributed by atoms with van der Waals surface area (Å²) in [5.41, 5.74) is 0. The Kier molecular flexibility index (Phi) is 6.74. The lowest BCUT2D eigenvalue weighted by Crippen LogP contribution is -2.53. The standard InChI is InChI=1S/C13H25N3O4/c1-9(16-6-4-3-5-7-16)8-14-13(20)15-11(10(2)17)12(18)19/h9-11,17H,3-8H2,1-2H3,(H,18,19)(H2,14,15,20)/t9?,10-,11+/m1/s1. The molecule has 0 aromatic heterocycles. The highest BCUT2D eigenvalue weighted by atomic mass is 16.4. The first-order valence-electron chi connectivity index (χ1n) is 7.11. The van der Waals surface area contributed by atoms with Crippen LogP contribution in [-0.2, 0) is 4.79 Å². The second kappa shape index (κ2) is 8.06. The average Bonchev–Trinajstić information content (AvgIpc) is 2.42. The van der Waals surface area contributed by atoms with Gasteiger partial charge in [-0.1, -0.05) is 6.42 Å². The normalized spacial score (nSPS) is 20.8. The molecule has 1 heterocycles. The molecule has 0 aliphatic carbocycles. The van der Waals surface area contributed by atoms with Crippen molar-refractivity contribution in [2.75, 3.05) is 19.6 Å². The minimum atomic E-state index is -1.29. The van der Waals surface area contributed by atoms with Crippen molar-refractivity contribution in [2.45, 2.75) is 51.3 Å². The number of amides is 2. The number of aliphatic hydroxyl groups excluding tert-OH is 1. The van der Waals surface area contributed by atoms with Gasteiger partial charge in [-0.3, -0.25) is 4.90 Å². The molecule has 0 spiro atoms. The van der Waals surface area contributed by atoms with Crippen molar-refractivity contribution in [1.29, 1.82) is 0 Å². The second-order valence-electron chi connectivity index (χ2n) is 5.36. The van der Waals surface area contributed by atoms with E-state index in [1.807, 2.05) is 6.92 Å². The summed E-state index contributed by atoms with van der Waals surface area (Å²) in [6, 6.07) is -1.64. The third kappa shape index (κ3) is 5.34. The zero-order valence-electron chi connectivity index (χ0n) is 12.1. The van der Waals surface area contributed by atoms with Crippen LogP contribution < -0.4 is 10.6 Å². The Morgan fingerprint density at radius 3 is 2.30 bits per heavy atom. The SMILES string of the molecule is CC(CNC(=O)N[C@H](C(=O)O)[C@@H](C)O)N1CCCCC1. The van der Waals surface area contributed by atoms with Crippen LogP contribution in [0.4, 0.5) is 4.79 Å². The summed E-state index contributed by atoms with van der Waals surface area (Å²) in [4.78, 5) is 24.8. The first kappa shape index (κ1) is 16.7. The molecule has 4 N–H and O–H groups in total. The second-order valence-corrected chi connectivity index (χ2v) is 5.36. The molecule has 1 rings (SSSR count). The average molecular weight is 287 g/mol. The molecular formula is C13H25N3O4. The molecule has 0 saturated carbocycles. The third-order valence-corrected chi connectivity index (χ3v) is 3.61. The lowest BCUT2D eigenvalue weighted by molar-refractivity contribution is -0.141. The van der Waals surface area contributed by atoms with Gasteiger partial charge in [0.15, 0.2) is 6.04 Å². The van der Waals surface area contributed by atoms with E-state index in [4.69, 9.17) is 5.11 Å². The quantitative estimate of drug-likeness (QED) is 0.550. The van der Waals surface area contributed by atoms with Gasteiger partial charge in [-0.25, -0.2) is 9.59 Å². The molecule has 20 heavy (non-hydrogen) atoms. The van der Waals surface area contributed by atoms with E-state index in [1.54, 1.807) is 0 Å². The lowest BCUT2D eigenvalue weighted by atomic mass is 10.1. The summed E-state index contributed by atoms with van der Waals surface area (Å²) in [6.07, 6.45) is 2.48. The number of aliphatic hydroxyl groups is 1. The first-order chi connectivity index (χ1) is 9.41. The summed E-state index contributed by atoms with van der Waals surface area (Å²) in [5, 5.41) is 23.1. The van der Waals surface area contributed by atoms with E-state index in [0.29, 0.717) is 6.54 Å². The summed E-state index contributed by atoms with van der Waals surface area (Å²) in [5.74, 6) is -1.25. The van der Waals surface area contributed by atoms with E-state index in [2.05, 4.69) is 15.5 Å². The number of hydrogen-bond donors (Lipinski definition) is 4. The first-order valence-corrected chi connectivity index (χ1v) is 7.11. The van der Waals surface area contributed by atoms with Gasteiger partial charge in [0.25, 0.3) is 0 Å². The Bertz CT molecular complexity index is 330. The molecule has 1 saturated heterocycles. The van der Waals surface area contributed by atoms with E-state index in [-0.39, 0.29) is 6.04 Å². The predicted molar refractivity (Wildman–Crippen MR) is 74.5 cm³/mol. The number of piperidine rings is 1. The Morgan fingerprint density at radius 2 is 1.80 bits per heavy atom. The van der Waals surface area contributed by atoms with Gasteiger partial charge < -0.3 is 20.8 Å². The molecule has 0 radical (unpaired) electrons. The molecule has 0 bridgehead atoms. The maximum atomic E-state index is 11.6. The van der Waals surface area contributed by atoms with Gasteiger partial charge in [0.2, 0.25) is 0 Å². The van der Waals surface area contributed by atoms with Crippen LogP contribution in [0.3, 0.4) is 0 Å². The van der Waals surface area contributed by atoms with Crippen LogP contribution in [0.2, 0.25) is 0 Å². The van der Waals surface area contributed by atoms with Crippen LogP contribution in [0, 0.1) is 0 Å². The van der Waals surface area contributed by atoms with Crippen molar-refractivity contribution >= 4 is 12.0 Å². The number of likely N-dealkylation sites (tertiary alicyclic amines) is 1. The summed E-state index contributed by atoms with van der Waals surface area (Å²) in [6.45, 7) is 5.90. The molecule has 2 amide bonds. The highest BCUT2D eigenvalue weighted by Gasteiger charge is 2.25. The number of carbonyl (C=O) groups is 2. The van der Waals surface area contributed by atoms with Gasteiger partial charge in [0.1, 0.15) is 0 Å². The Hall–Kier alpha value is -1.34. The molecule has 7 nitrogen and oxygen atoms in total. The number of carboxylic acid groups (broad SMARTS) is 1. The van der Waals surface area contributed by atoms with Gasteiger partial charge in [0, 0.05) is 12.6 Å². The monoisotopic (exact) mass is 287 g/mol. The topological polar surface area (TPSA) is 102 Å². The molecule has 116 valence electrons. The largest absolute Gasteiger partial charge is 0.480 e. The van der Waals surface area contributed by atoms with Crippen LogP contribution in [0.15, 0.2) is 0 Å². The predicted octanol–water partition coefficient (Wildman–Crippen LogP) is -0.00600. The summed E-state index contributed by atoms with van der Waals surface area (Å²) >= 11 is 0. The molecule has 1 unspecified atom stereocenters. The zero-order chi connectivity index (χ0) is 15.1. The van der Waals surface area contributed by atoms with Gasteiger partial charge in [0.05, 0.1) is 6.10 Å². The van der Waals surface area contributed by atoms with Crippen LogP contribution in [0.1, 0.15) is 33.1 Å². The zero-order valence-corrected chi connectivity index (χ0v) is 12.1. The Balaban J connectivity index is 2.32. The number of rotatable bonds is 6. The molecule has 3 atom stereocenters. The fourth-order valence-corrected chi connectivity index (χ4v) is 2.31. The van der Waals surface area contributed by atoms with Crippen molar-refractivity contribution in [1.82, 2.24) is 15.5 Å². The minimum absolute atomic E-state index is 0.218. The summed E-state index contributed by atoms with van der Waals surface area (Å²) < 4.78 is 0. The number of nitrogens with one attached hydrogen (secondary N) is 2. The number of urea groups is 1. The Morgan fingerprint density at radius 1 is 1.20 bits per heavy atom. The van der Waals surface area contributed by atoms with Crippen molar-refractivity contribution in [2.24, 2.45) is 0 Å². The Labute approximate surface area is 119 Å². The van der Waals surface area contributed by atoms with Gasteiger partial charge >= 0.3 is 12.0 Å². The maximum absolute atomic E-state index is 11.6. The van der Waals surface area contributed by atoms with Gasteiger partial charge in [-0.05, 0) is 39.8 Å². The number of carbonyl (C=O) groups excluding carboxylic acids is 1. The van der Waals surface area contributed by atoms with Gasteiger partial charge in [-0.15, -0.1) is 0 Å². The van der Waals surface area contributed by atoms with E-state index in [0.717, 1.165) is 13.1 Å². The molecular weight excluding hydrogens is 262 g/mol. The third-order valence-electron chi connectivity index (χ3n) is 3.61. The van der Waals surface area contributed by atoms with Crippen molar-refractivity contribution in [3.05, 3.63) is 0 Å². The number of nitrogens with zero attached hydrogens (tertiary/aromatic N) is 1. The fourth-order valence-electron chi connectivity index (χ4n) is 2.31. The highest BCUT2D eigenvalue weighted by molar-refractivity contribution is 5.82. The van der Waals surface area contributed by atoms with E-state index in [9.17, 15) is 14.7 Å². The molecule has 0 aromatic carbocycles. The fraction of sp³-hybridized carbons (Fsp3) is 0.846. The van der Waals surface area contributed by atoms with E-state index < -0.39 is 24.1 Å². The van der Waals surface area contributed by atoms with Gasteiger partial charge in [-0.2, -0.15) is 0 Å². The molecule has 1 fully saturated rings. The van der Waals surface area contributed by atoms with Crippen molar-refractivity contribution in [3.8, 4) is 0 Å². The minimum Gasteiger partial charge on any atom is -0.480 e. The van der Waals surface area contributed by atoms with Crippen LogP contribution in [0.25, 0.3) is 0 Å². The van der Waals surface area contributed by atoms with Crippen LogP contribution >= 0.6 is 0 Å². The van der Waals surface area contributed by atoms with Crippen LogP contribution in [-0.4, -0.2) is 64.9 Å². The number of hydrogen-bond acceptors (Lipinski definition) is 4. The number of aliphatic carboxylic acids is 1. The smallest absolute Gasteiger partial charge is 0.328 e. The van der Waals surface area contributed by atoms with Crippen LogP contribution in [0.5, 0.6) is 0 Å². The maximum Gasteiger partial charge on any atom is 0.328 e. The van der Waals surface area contributed by atoms with Crippen molar-refractivity contribution in [3.63, 3.8) is 0 Å².